The van der Waals surface area contributed by atoms with Gasteiger partial charge in [-0.05, 0) is 19.9 Å². The topological polar surface area (TPSA) is 77.9 Å². The molecule has 9 heteroatoms. The Morgan fingerprint density at radius 3 is 2.72 bits per heavy atom. The highest BCUT2D eigenvalue weighted by molar-refractivity contribution is 8.23. The van der Waals surface area contributed by atoms with Crippen LogP contribution in [0.4, 0.5) is 4.39 Å². The lowest BCUT2D eigenvalue weighted by atomic mass is 9.93. The molecule has 1 N–H and O–H groups in total. The summed E-state index contributed by atoms with van der Waals surface area (Å²) in [7, 11) is 0. The molecule has 154 valence electrons. The first-order chi connectivity index (χ1) is 13.9. The molecule has 1 amide bonds. The Morgan fingerprint density at radius 1 is 1.34 bits per heavy atom. The molecule has 1 aromatic rings. The highest BCUT2D eigenvalue weighted by Crippen LogP contribution is 2.55. The second kappa shape index (κ2) is 8.12. The summed E-state index contributed by atoms with van der Waals surface area (Å²) in [5, 5.41) is 9.26. The molecule has 0 aromatic heterocycles. The first kappa shape index (κ1) is 20.4. The third kappa shape index (κ3) is 3.83. The number of Topliss-reactive ketones (excluding diaryl/α,β-unsaturated/α-hetero) is 1. The summed E-state index contributed by atoms with van der Waals surface area (Å²) >= 11 is 2.71. The Hall–Kier alpha value is -1.84. The first-order valence-electron chi connectivity index (χ1n) is 9.45. The van der Waals surface area contributed by atoms with Gasteiger partial charge in [-0.3, -0.25) is 19.4 Å². The normalized spacial score (nSPS) is 27.7. The number of β-lactam (4-membered cyclic amide) rings is 1. The summed E-state index contributed by atoms with van der Waals surface area (Å²) in [5.41, 5.74) is 0.658. The summed E-state index contributed by atoms with van der Waals surface area (Å²) in [5.74, 6) is -2.33. The lowest BCUT2D eigenvalue weighted by Crippen LogP contribution is -2.60. The molecule has 4 rings (SSSR count). The fourth-order valence-electron chi connectivity index (χ4n) is 3.92. The molecule has 4 atom stereocenters. The monoisotopic (exact) mass is 436 g/mol. The maximum atomic E-state index is 13.7. The molecule has 1 aromatic carbocycles. The molecule has 0 bridgehead atoms. The van der Waals surface area contributed by atoms with E-state index in [1.807, 2.05) is 18.2 Å². The predicted octanol–water partition coefficient (Wildman–Crippen LogP) is 2.82. The first-order valence-corrected chi connectivity index (χ1v) is 11.2. The molecular weight excluding hydrogens is 415 g/mol. The van der Waals surface area contributed by atoms with Crippen LogP contribution in [0.5, 0.6) is 0 Å². The van der Waals surface area contributed by atoms with Gasteiger partial charge in [0.15, 0.2) is 11.5 Å². The summed E-state index contributed by atoms with van der Waals surface area (Å²) in [6.07, 6.45) is -0.479. The molecule has 0 aliphatic carbocycles. The summed E-state index contributed by atoms with van der Waals surface area (Å²) in [6, 6.07) is 9.14. The highest BCUT2D eigenvalue weighted by atomic mass is 32.2. The van der Waals surface area contributed by atoms with E-state index in [2.05, 4.69) is 4.90 Å². The standard InChI is InChI=1S/C20H21FN2O4S2/c1-11(21)15-17(25)23-16(19(26)27)20(29-18(15)23)28-13-7-8-22(9-13)10-14(24)12-5-3-2-4-6-12/h2-6,11,13,15,18H,7-10H2,1H3,(H,26,27)/t11-,13?,15-,18+/m0/s1. The van der Waals surface area contributed by atoms with Crippen molar-refractivity contribution < 1.29 is 23.9 Å². The summed E-state index contributed by atoms with van der Waals surface area (Å²) < 4.78 is 14.3. The van der Waals surface area contributed by atoms with Crippen LogP contribution in [-0.2, 0) is 9.59 Å². The number of benzene rings is 1. The zero-order valence-corrected chi connectivity index (χ0v) is 17.4. The van der Waals surface area contributed by atoms with Crippen LogP contribution in [0, 0.1) is 5.92 Å². The molecule has 3 heterocycles. The number of nitrogens with zero attached hydrogens (tertiary/aromatic N) is 2. The van der Waals surface area contributed by atoms with Crippen molar-refractivity contribution in [3.05, 3.63) is 45.8 Å². The van der Waals surface area contributed by atoms with Gasteiger partial charge in [-0.25, -0.2) is 9.18 Å². The second-order valence-electron chi connectivity index (χ2n) is 7.41. The van der Waals surface area contributed by atoms with Gasteiger partial charge in [-0.1, -0.05) is 42.1 Å². The van der Waals surface area contributed by atoms with Crippen LogP contribution >= 0.6 is 23.5 Å². The maximum Gasteiger partial charge on any atom is 0.354 e. The van der Waals surface area contributed by atoms with Gasteiger partial charge in [0.05, 0.1) is 16.7 Å². The molecule has 3 aliphatic rings. The number of carboxylic acid groups (broad SMARTS) is 1. The van der Waals surface area contributed by atoms with E-state index >= 15 is 0 Å². The number of likely N-dealkylation sites (tertiary alicyclic amines) is 1. The van der Waals surface area contributed by atoms with Crippen LogP contribution in [-0.4, -0.2) is 69.0 Å². The van der Waals surface area contributed by atoms with E-state index in [9.17, 15) is 23.9 Å². The van der Waals surface area contributed by atoms with E-state index in [1.165, 1.54) is 35.3 Å². The largest absolute Gasteiger partial charge is 0.477 e. The van der Waals surface area contributed by atoms with Crippen LogP contribution < -0.4 is 0 Å². The van der Waals surface area contributed by atoms with Crippen LogP contribution in [0.3, 0.4) is 0 Å². The maximum absolute atomic E-state index is 13.7. The summed E-state index contributed by atoms with van der Waals surface area (Å²) in [6.45, 7) is 3.09. The number of hydrogen-bond acceptors (Lipinski definition) is 6. The zero-order valence-electron chi connectivity index (χ0n) is 15.8. The number of amides is 1. The van der Waals surface area contributed by atoms with Gasteiger partial charge in [0.25, 0.3) is 0 Å². The molecular formula is C20H21FN2O4S2. The van der Waals surface area contributed by atoms with Gasteiger partial charge in [0.2, 0.25) is 5.91 Å². The highest BCUT2D eigenvalue weighted by Gasteiger charge is 2.58. The quantitative estimate of drug-likeness (QED) is 0.520. The van der Waals surface area contributed by atoms with E-state index in [4.69, 9.17) is 0 Å². The third-order valence-electron chi connectivity index (χ3n) is 5.41. The predicted molar refractivity (Wildman–Crippen MR) is 110 cm³/mol. The van der Waals surface area contributed by atoms with Gasteiger partial charge < -0.3 is 5.11 Å². The Bertz CT molecular complexity index is 876. The Balaban J connectivity index is 1.39. The van der Waals surface area contributed by atoms with Crippen LogP contribution in [0.15, 0.2) is 40.3 Å². The average molecular weight is 437 g/mol. The van der Waals surface area contributed by atoms with Crippen molar-refractivity contribution >= 4 is 41.2 Å². The number of carboxylic acids is 1. The number of alkyl halides is 1. The fourth-order valence-corrected chi connectivity index (χ4v) is 7.26. The average Bonchev–Trinajstić information content (AvgIpc) is 3.24. The van der Waals surface area contributed by atoms with Crippen molar-refractivity contribution in [1.82, 2.24) is 9.80 Å². The van der Waals surface area contributed by atoms with Crippen LogP contribution in [0.25, 0.3) is 0 Å². The van der Waals surface area contributed by atoms with E-state index in [1.54, 1.807) is 12.1 Å². The fraction of sp³-hybridized carbons (Fsp3) is 0.450. The Kier molecular flexibility index (Phi) is 5.72. The lowest BCUT2D eigenvalue weighted by molar-refractivity contribution is -0.154. The van der Waals surface area contributed by atoms with Gasteiger partial charge in [0, 0.05) is 17.4 Å². The van der Waals surface area contributed by atoms with E-state index in [-0.39, 0.29) is 16.7 Å². The number of carbonyl (C=O) groups is 3. The van der Waals surface area contributed by atoms with Crippen molar-refractivity contribution in [2.75, 3.05) is 19.6 Å². The minimum Gasteiger partial charge on any atom is -0.477 e. The summed E-state index contributed by atoms with van der Waals surface area (Å²) in [4.78, 5) is 39.6. The minimum absolute atomic E-state index is 0.0225. The molecule has 0 spiro atoms. The number of ketones is 1. The van der Waals surface area contributed by atoms with Gasteiger partial charge in [-0.2, -0.15) is 0 Å². The Labute approximate surface area is 176 Å². The van der Waals surface area contributed by atoms with E-state index < -0.39 is 29.3 Å². The van der Waals surface area contributed by atoms with Gasteiger partial charge >= 0.3 is 5.97 Å². The number of halogens is 1. The number of rotatable bonds is 7. The number of fused-ring (bicyclic) bond motifs is 1. The van der Waals surface area contributed by atoms with Crippen LogP contribution in [0.2, 0.25) is 0 Å². The molecule has 0 radical (unpaired) electrons. The number of thioether (sulfide) groups is 2. The number of hydrogen-bond donors (Lipinski definition) is 1. The molecule has 2 fully saturated rings. The SMILES string of the molecule is C[C@H](F)[C@H]1C(=O)N2C(C(=O)O)=C(SC3CCN(CC(=O)c4ccccc4)C3)S[C@H]12. The van der Waals surface area contributed by atoms with Crippen molar-refractivity contribution in [3.8, 4) is 0 Å². The van der Waals surface area contributed by atoms with Crippen molar-refractivity contribution in [3.63, 3.8) is 0 Å². The second-order valence-corrected chi connectivity index (χ2v) is 10.1. The molecule has 3 aliphatic heterocycles. The molecule has 29 heavy (non-hydrogen) atoms. The van der Waals surface area contributed by atoms with Gasteiger partial charge in [-0.15, -0.1) is 11.8 Å². The smallest absolute Gasteiger partial charge is 0.354 e. The van der Waals surface area contributed by atoms with Gasteiger partial charge in [0.1, 0.15) is 11.5 Å². The third-order valence-corrected chi connectivity index (χ3v) is 8.27. The van der Waals surface area contributed by atoms with Crippen molar-refractivity contribution in [2.45, 2.75) is 30.1 Å². The molecule has 1 unspecified atom stereocenters. The Morgan fingerprint density at radius 2 is 2.07 bits per heavy atom. The molecule has 0 saturated carbocycles. The minimum atomic E-state index is -1.30. The van der Waals surface area contributed by atoms with Crippen molar-refractivity contribution in [2.24, 2.45) is 5.92 Å². The van der Waals surface area contributed by atoms with E-state index in [0.717, 1.165) is 13.0 Å². The zero-order chi connectivity index (χ0) is 20.7. The molecule has 6 nitrogen and oxygen atoms in total. The van der Waals surface area contributed by atoms with Crippen LogP contribution in [0.1, 0.15) is 23.7 Å². The number of carbonyl (C=O) groups excluding carboxylic acids is 2. The van der Waals surface area contributed by atoms with E-state index in [0.29, 0.717) is 22.9 Å². The van der Waals surface area contributed by atoms with Crippen molar-refractivity contribution in [1.29, 1.82) is 0 Å². The lowest BCUT2D eigenvalue weighted by Gasteiger charge is -2.42. The number of aliphatic carboxylic acids is 1. The molecule has 2 saturated heterocycles.